The van der Waals surface area contributed by atoms with Crippen LogP contribution >= 0.6 is 0 Å². The van der Waals surface area contributed by atoms with Gasteiger partial charge in [-0.1, -0.05) is 41.6 Å². The number of amides is 1. The average Bonchev–Trinajstić information content (AvgIpc) is 3.10. The number of hydrogen-bond acceptors (Lipinski definition) is 5. The van der Waals surface area contributed by atoms with E-state index in [9.17, 15) is 4.79 Å². The maximum Gasteiger partial charge on any atom is 0.260 e. The van der Waals surface area contributed by atoms with Crippen molar-refractivity contribution >= 4 is 5.91 Å². The molecule has 0 unspecified atom stereocenters. The molecule has 1 atom stereocenters. The Labute approximate surface area is 158 Å². The molecular formula is C21H23N3O3. The Balaban J connectivity index is 1.48. The molecule has 0 aliphatic heterocycles. The molecule has 3 aromatic rings. The van der Waals surface area contributed by atoms with Gasteiger partial charge in [-0.05, 0) is 44.0 Å². The van der Waals surface area contributed by atoms with E-state index < -0.39 is 6.10 Å². The number of aromatic nitrogens is 2. The standard InChI is InChI=1S/C21H23N3O3/c1-14-11-15(2)13-18(12-14)26-16(3)21(25)22-10-9-19-23-20(24-27-19)17-7-5-4-6-8-17/h4-8,11-13,16H,9-10H2,1-3H3,(H,22,25)/t16-/m0/s1. The second-order valence-corrected chi connectivity index (χ2v) is 6.50. The minimum absolute atomic E-state index is 0.183. The van der Waals surface area contributed by atoms with E-state index in [2.05, 4.69) is 21.5 Å². The first-order valence-electron chi connectivity index (χ1n) is 8.92. The molecule has 0 aliphatic carbocycles. The number of nitrogens with zero attached hydrogens (tertiary/aromatic N) is 2. The fourth-order valence-electron chi connectivity index (χ4n) is 2.76. The Morgan fingerprint density at radius 1 is 1.15 bits per heavy atom. The van der Waals surface area contributed by atoms with E-state index in [0.29, 0.717) is 30.4 Å². The molecule has 0 saturated carbocycles. The Hall–Kier alpha value is -3.15. The van der Waals surface area contributed by atoms with E-state index in [-0.39, 0.29) is 5.91 Å². The highest BCUT2D eigenvalue weighted by Gasteiger charge is 2.15. The maximum absolute atomic E-state index is 12.2. The van der Waals surface area contributed by atoms with E-state index in [4.69, 9.17) is 9.26 Å². The number of carbonyl (C=O) groups is 1. The zero-order chi connectivity index (χ0) is 19.2. The van der Waals surface area contributed by atoms with Crippen LogP contribution in [0, 0.1) is 13.8 Å². The first kappa shape index (κ1) is 18.6. The third kappa shape index (κ3) is 5.17. The summed E-state index contributed by atoms with van der Waals surface area (Å²) in [6.45, 7) is 6.13. The lowest BCUT2D eigenvalue weighted by Gasteiger charge is -2.15. The monoisotopic (exact) mass is 365 g/mol. The van der Waals surface area contributed by atoms with Crippen molar-refractivity contribution in [2.45, 2.75) is 33.3 Å². The van der Waals surface area contributed by atoms with Crippen LogP contribution < -0.4 is 10.1 Å². The third-order valence-electron chi connectivity index (χ3n) is 4.02. The van der Waals surface area contributed by atoms with E-state index >= 15 is 0 Å². The summed E-state index contributed by atoms with van der Waals surface area (Å²) < 4.78 is 11.0. The molecule has 6 heteroatoms. The van der Waals surface area contributed by atoms with Gasteiger partial charge in [0.25, 0.3) is 5.91 Å². The van der Waals surface area contributed by atoms with Crippen LogP contribution in [0.25, 0.3) is 11.4 Å². The number of aryl methyl sites for hydroxylation is 2. The number of carbonyl (C=O) groups excluding carboxylic acids is 1. The molecule has 1 aromatic heterocycles. The Kier molecular flexibility index (Phi) is 5.86. The molecular weight excluding hydrogens is 342 g/mol. The maximum atomic E-state index is 12.2. The van der Waals surface area contributed by atoms with Crippen LogP contribution in [0.5, 0.6) is 5.75 Å². The summed E-state index contributed by atoms with van der Waals surface area (Å²) >= 11 is 0. The molecule has 0 bridgehead atoms. The highest BCUT2D eigenvalue weighted by atomic mass is 16.5. The van der Waals surface area contributed by atoms with Crippen molar-refractivity contribution in [3.05, 3.63) is 65.5 Å². The first-order chi connectivity index (χ1) is 13.0. The molecule has 0 saturated heterocycles. The third-order valence-corrected chi connectivity index (χ3v) is 4.02. The molecule has 0 fully saturated rings. The molecule has 1 heterocycles. The predicted molar refractivity (Wildman–Crippen MR) is 102 cm³/mol. The number of rotatable bonds is 7. The zero-order valence-electron chi connectivity index (χ0n) is 15.7. The summed E-state index contributed by atoms with van der Waals surface area (Å²) in [5.74, 6) is 1.54. The van der Waals surface area contributed by atoms with Gasteiger partial charge in [-0.3, -0.25) is 4.79 Å². The minimum Gasteiger partial charge on any atom is -0.481 e. The molecule has 2 aromatic carbocycles. The second-order valence-electron chi connectivity index (χ2n) is 6.50. The number of ether oxygens (including phenoxy) is 1. The molecule has 1 N–H and O–H groups in total. The van der Waals surface area contributed by atoms with Crippen molar-refractivity contribution in [3.63, 3.8) is 0 Å². The highest BCUT2D eigenvalue weighted by molar-refractivity contribution is 5.80. The van der Waals surface area contributed by atoms with Gasteiger partial charge in [0.2, 0.25) is 11.7 Å². The fraction of sp³-hybridized carbons (Fsp3) is 0.286. The molecule has 27 heavy (non-hydrogen) atoms. The number of benzene rings is 2. The van der Waals surface area contributed by atoms with Gasteiger partial charge in [-0.25, -0.2) is 0 Å². The van der Waals surface area contributed by atoms with Gasteiger partial charge >= 0.3 is 0 Å². The van der Waals surface area contributed by atoms with Gasteiger partial charge in [-0.15, -0.1) is 0 Å². The SMILES string of the molecule is Cc1cc(C)cc(O[C@@H](C)C(=O)NCCc2nc(-c3ccccc3)no2)c1. The Bertz CT molecular complexity index is 886. The number of hydrogen-bond donors (Lipinski definition) is 1. The molecule has 1 amide bonds. The van der Waals surface area contributed by atoms with Crippen molar-refractivity contribution in [2.24, 2.45) is 0 Å². The van der Waals surface area contributed by atoms with Gasteiger partial charge in [0.1, 0.15) is 5.75 Å². The smallest absolute Gasteiger partial charge is 0.260 e. The van der Waals surface area contributed by atoms with E-state index in [1.54, 1.807) is 6.92 Å². The lowest BCUT2D eigenvalue weighted by atomic mass is 10.1. The summed E-state index contributed by atoms with van der Waals surface area (Å²) in [5, 5.41) is 6.81. The van der Waals surface area contributed by atoms with Crippen LogP contribution in [0.1, 0.15) is 23.9 Å². The van der Waals surface area contributed by atoms with Crippen molar-refractivity contribution < 1.29 is 14.1 Å². The molecule has 0 aliphatic rings. The van der Waals surface area contributed by atoms with E-state index in [1.165, 1.54) is 0 Å². The molecule has 140 valence electrons. The fourth-order valence-corrected chi connectivity index (χ4v) is 2.76. The second kappa shape index (κ2) is 8.49. The van der Waals surface area contributed by atoms with Gasteiger partial charge in [0.15, 0.2) is 6.10 Å². The lowest BCUT2D eigenvalue weighted by molar-refractivity contribution is -0.127. The van der Waals surface area contributed by atoms with Crippen molar-refractivity contribution in [2.75, 3.05) is 6.54 Å². The largest absolute Gasteiger partial charge is 0.481 e. The minimum atomic E-state index is -0.589. The predicted octanol–water partition coefficient (Wildman–Crippen LogP) is 3.48. The quantitative estimate of drug-likeness (QED) is 0.694. The van der Waals surface area contributed by atoms with Crippen LogP contribution in [-0.4, -0.2) is 28.7 Å². The van der Waals surface area contributed by atoms with Crippen LogP contribution in [0.3, 0.4) is 0 Å². The van der Waals surface area contributed by atoms with Gasteiger partial charge in [0, 0.05) is 18.5 Å². The lowest BCUT2D eigenvalue weighted by Crippen LogP contribution is -2.37. The topological polar surface area (TPSA) is 77.2 Å². The highest BCUT2D eigenvalue weighted by Crippen LogP contribution is 2.18. The molecule has 0 spiro atoms. The molecule has 6 nitrogen and oxygen atoms in total. The molecule has 0 radical (unpaired) electrons. The Morgan fingerprint density at radius 3 is 2.56 bits per heavy atom. The number of nitrogens with one attached hydrogen (secondary N) is 1. The van der Waals surface area contributed by atoms with Gasteiger partial charge < -0.3 is 14.6 Å². The van der Waals surface area contributed by atoms with Crippen LogP contribution in [0.2, 0.25) is 0 Å². The zero-order valence-corrected chi connectivity index (χ0v) is 15.7. The van der Waals surface area contributed by atoms with Gasteiger partial charge in [-0.2, -0.15) is 4.98 Å². The van der Waals surface area contributed by atoms with Crippen LogP contribution in [0.15, 0.2) is 53.1 Å². The molecule has 3 rings (SSSR count). The van der Waals surface area contributed by atoms with Crippen LogP contribution in [-0.2, 0) is 11.2 Å². The average molecular weight is 365 g/mol. The summed E-state index contributed by atoms with van der Waals surface area (Å²) in [6, 6.07) is 15.5. The Morgan fingerprint density at radius 2 is 1.85 bits per heavy atom. The summed E-state index contributed by atoms with van der Waals surface area (Å²) in [6.07, 6.45) is -0.129. The summed E-state index contributed by atoms with van der Waals surface area (Å²) in [5.41, 5.74) is 3.10. The first-order valence-corrected chi connectivity index (χ1v) is 8.92. The normalized spacial score (nSPS) is 11.8. The van der Waals surface area contributed by atoms with E-state index in [1.807, 2.05) is 56.3 Å². The van der Waals surface area contributed by atoms with Crippen molar-refractivity contribution in [1.29, 1.82) is 0 Å². The van der Waals surface area contributed by atoms with Crippen molar-refractivity contribution in [3.8, 4) is 17.1 Å². The van der Waals surface area contributed by atoms with Gasteiger partial charge in [0.05, 0.1) is 0 Å². The summed E-state index contributed by atoms with van der Waals surface area (Å²) in [7, 11) is 0. The van der Waals surface area contributed by atoms with Crippen molar-refractivity contribution in [1.82, 2.24) is 15.5 Å². The van der Waals surface area contributed by atoms with E-state index in [0.717, 1.165) is 16.7 Å². The van der Waals surface area contributed by atoms with Crippen LogP contribution in [0.4, 0.5) is 0 Å². The summed E-state index contributed by atoms with van der Waals surface area (Å²) in [4.78, 5) is 16.6.